The van der Waals surface area contributed by atoms with E-state index in [0.717, 1.165) is 73.6 Å². The minimum atomic E-state index is -0.505. The van der Waals surface area contributed by atoms with Crippen LogP contribution in [-0.4, -0.2) is 69.1 Å². The Morgan fingerprint density at radius 3 is 2.67 bits per heavy atom. The minimum absolute atomic E-state index is 0.141. The first-order chi connectivity index (χ1) is 19.0. The lowest BCUT2D eigenvalue weighted by atomic mass is 10.0. The first kappa shape index (κ1) is 29.5. The van der Waals surface area contributed by atoms with Gasteiger partial charge in [0.25, 0.3) is 0 Å². The predicted molar refractivity (Wildman–Crippen MR) is 158 cm³/mol. The maximum Gasteiger partial charge on any atom is 0.410 e. The lowest BCUT2D eigenvalue weighted by Gasteiger charge is -2.38. The van der Waals surface area contributed by atoms with Gasteiger partial charge in [0.2, 0.25) is 5.28 Å². The number of nitrogens with two attached hydrogens (primary N) is 1. The summed E-state index contributed by atoms with van der Waals surface area (Å²) >= 11 is 5.97. The van der Waals surface area contributed by atoms with Crippen LogP contribution in [0.15, 0.2) is 36.8 Å². The molecule has 2 aromatic heterocycles. The van der Waals surface area contributed by atoms with Crippen molar-refractivity contribution in [2.45, 2.75) is 71.6 Å². The first-order valence-corrected chi connectivity index (χ1v) is 14.1. The Morgan fingerprint density at radius 2 is 1.95 bits per heavy atom. The van der Waals surface area contributed by atoms with Crippen LogP contribution in [0.2, 0.25) is 5.28 Å². The maximum absolute atomic E-state index is 12.5. The zero-order valence-electron chi connectivity index (χ0n) is 24.1. The predicted octanol–water partition coefficient (Wildman–Crippen LogP) is 5.58. The molecule has 0 aliphatic carbocycles. The van der Waals surface area contributed by atoms with Crippen LogP contribution in [0.25, 0.3) is 11.3 Å². The van der Waals surface area contributed by atoms with E-state index in [9.17, 15) is 4.79 Å². The average Bonchev–Trinajstić information content (AvgIpc) is 3.37. The molecule has 0 saturated carbocycles. The van der Waals surface area contributed by atoms with Gasteiger partial charge in [-0.15, -0.1) is 0 Å². The molecule has 1 aromatic carbocycles. The highest BCUT2D eigenvalue weighted by atomic mass is 35.5. The fourth-order valence-electron chi connectivity index (χ4n) is 4.76. The number of carbonyl (C=O) groups excluding carboxylic acids is 1. The number of benzene rings is 1. The van der Waals surface area contributed by atoms with E-state index in [1.54, 1.807) is 17.3 Å². The van der Waals surface area contributed by atoms with E-state index in [4.69, 9.17) is 26.8 Å². The summed E-state index contributed by atoms with van der Waals surface area (Å²) in [5, 5.41) is 4.70. The fraction of sp³-hybridized carbons (Fsp3) is 0.517. The van der Waals surface area contributed by atoms with E-state index in [1.165, 1.54) is 0 Å². The average molecular weight is 570 g/mol. The number of halogens is 1. The molecule has 11 heteroatoms. The Labute approximate surface area is 241 Å². The fourth-order valence-corrected chi connectivity index (χ4v) is 4.90. The largest absolute Gasteiger partial charge is 0.491 e. The molecular weight excluding hydrogens is 530 g/mol. The third-order valence-corrected chi connectivity index (χ3v) is 7.09. The summed E-state index contributed by atoms with van der Waals surface area (Å²) in [6.45, 7) is 10.6. The van der Waals surface area contributed by atoms with Crippen molar-refractivity contribution in [3.8, 4) is 17.0 Å². The van der Waals surface area contributed by atoms with Gasteiger partial charge in [-0.1, -0.05) is 0 Å². The van der Waals surface area contributed by atoms with E-state index in [0.29, 0.717) is 12.3 Å². The van der Waals surface area contributed by atoms with E-state index in [-0.39, 0.29) is 17.4 Å². The van der Waals surface area contributed by atoms with Crippen molar-refractivity contribution in [3.63, 3.8) is 0 Å². The number of nitrogens with zero attached hydrogens (tertiary/aromatic N) is 6. The van der Waals surface area contributed by atoms with Crippen LogP contribution >= 0.6 is 11.6 Å². The Kier molecular flexibility index (Phi) is 9.40. The second-order valence-electron chi connectivity index (χ2n) is 11.3. The summed E-state index contributed by atoms with van der Waals surface area (Å²) in [6, 6.07) is 5.96. The van der Waals surface area contributed by atoms with Crippen molar-refractivity contribution >= 4 is 29.1 Å². The van der Waals surface area contributed by atoms with Crippen molar-refractivity contribution in [2.75, 3.05) is 37.4 Å². The Morgan fingerprint density at radius 1 is 1.20 bits per heavy atom. The number of ether oxygens (including phenoxy) is 2. The third kappa shape index (κ3) is 7.78. The standard InChI is InChI=1S/C29H40ClN7O3/c1-20-17-32-27(30)34-26(20)21-18-33-37(19-21)12-6-7-15-39-25-16-22(31)8-9-24(25)36-13-10-23(11-14-36)35(5)28(38)40-29(2,3)4/h8-9,16-19,23H,6-7,10-15,31H2,1-5H3. The number of aromatic nitrogens is 4. The molecule has 1 fully saturated rings. The van der Waals surface area contributed by atoms with E-state index >= 15 is 0 Å². The summed E-state index contributed by atoms with van der Waals surface area (Å²) in [5.74, 6) is 0.788. The second-order valence-corrected chi connectivity index (χ2v) is 11.6. The monoisotopic (exact) mass is 569 g/mol. The smallest absolute Gasteiger partial charge is 0.410 e. The molecule has 3 aromatic rings. The molecule has 0 spiro atoms. The molecule has 0 atom stereocenters. The molecule has 10 nitrogen and oxygen atoms in total. The van der Waals surface area contributed by atoms with Crippen LogP contribution in [0.5, 0.6) is 5.75 Å². The molecule has 1 aliphatic heterocycles. The molecule has 1 aliphatic rings. The molecule has 0 radical (unpaired) electrons. The number of piperidine rings is 1. The van der Waals surface area contributed by atoms with Gasteiger partial charge in [0.05, 0.1) is 24.2 Å². The molecule has 1 saturated heterocycles. The van der Waals surface area contributed by atoms with Gasteiger partial charge in [0.1, 0.15) is 11.4 Å². The number of anilines is 2. The van der Waals surface area contributed by atoms with E-state index in [1.807, 2.05) is 63.8 Å². The number of rotatable bonds is 9. The summed E-state index contributed by atoms with van der Waals surface area (Å²) in [5.41, 5.74) is 9.96. The number of amides is 1. The highest BCUT2D eigenvalue weighted by molar-refractivity contribution is 6.28. The zero-order chi connectivity index (χ0) is 28.9. The SMILES string of the molecule is Cc1cnc(Cl)nc1-c1cnn(CCCCOc2cc(N)ccc2N2CCC(N(C)C(=O)OC(C)(C)C)CC2)c1. The van der Waals surface area contributed by atoms with Crippen LogP contribution in [0.4, 0.5) is 16.2 Å². The Bertz CT molecular complexity index is 1300. The molecule has 2 N–H and O–H groups in total. The van der Waals surface area contributed by atoms with Crippen LogP contribution in [0, 0.1) is 6.92 Å². The van der Waals surface area contributed by atoms with Crippen molar-refractivity contribution in [1.82, 2.24) is 24.6 Å². The molecule has 0 unspecified atom stereocenters. The molecule has 4 rings (SSSR count). The van der Waals surface area contributed by atoms with Crippen molar-refractivity contribution < 1.29 is 14.3 Å². The zero-order valence-corrected chi connectivity index (χ0v) is 24.8. The van der Waals surface area contributed by atoms with Crippen molar-refractivity contribution in [2.24, 2.45) is 0 Å². The lowest BCUT2D eigenvalue weighted by molar-refractivity contribution is 0.0200. The highest BCUT2D eigenvalue weighted by Crippen LogP contribution is 2.33. The molecular formula is C29H40ClN7O3. The molecule has 0 bridgehead atoms. The molecule has 40 heavy (non-hydrogen) atoms. The summed E-state index contributed by atoms with van der Waals surface area (Å²) in [4.78, 5) is 24.9. The number of hydrogen-bond donors (Lipinski definition) is 1. The maximum atomic E-state index is 12.5. The Hall–Kier alpha value is -3.53. The number of aryl methyl sites for hydroxylation is 2. The normalized spacial score (nSPS) is 14.3. The van der Waals surface area contributed by atoms with Crippen LogP contribution < -0.4 is 15.4 Å². The number of carbonyl (C=O) groups is 1. The summed E-state index contributed by atoms with van der Waals surface area (Å²) in [6.07, 6.45) is 8.70. The van der Waals surface area contributed by atoms with Crippen molar-refractivity contribution in [3.05, 3.63) is 47.6 Å². The van der Waals surface area contributed by atoms with Gasteiger partial charge in [0.15, 0.2) is 0 Å². The number of nitrogen functional groups attached to an aromatic ring is 1. The van der Waals surface area contributed by atoms with Crippen LogP contribution in [0.3, 0.4) is 0 Å². The Balaban J connectivity index is 1.27. The molecule has 3 heterocycles. The van der Waals surface area contributed by atoms with Gasteiger partial charge >= 0.3 is 6.09 Å². The van der Waals surface area contributed by atoms with E-state index < -0.39 is 5.60 Å². The second kappa shape index (κ2) is 12.8. The quantitative estimate of drug-likeness (QED) is 0.202. The third-order valence-electron chi connectivity index (χ3n) is 6.91. The van der Waals surface area contributed by atoms with E-state index in [2.05, 4.69) is 20.0 Å². The molecule has 1 amide bonds. The van der Waals surface area contributed by atoms with Crippen molar-refractivity contribution in [1.29, 1.82) is 0 Å². The van der Waals surface area contributed by atoms with Crippen LogP contribution in [0.1, 0.15) is 52.0 Å². The van der Waals surface area contributed by atoms with Crippen LogP contribution in [-0.2, 0) is 11.3 Å². The van der Waals surface area contributed by atoms with Gasteiger partial charge in [-0.05, 0) is 82.7 Å². The number of hydrogen-bond acceptors (Lipinski definition) is 8. The highest BCUT2D eigenvalue weighted by Gasteiger charge is 2.29. The lowest BCUT2D eigenvalue weighted by Crippen LogP contribution is -2.47. The number of unbranched alkanes of at least 4 members (excludes halogenated alkanes) is 1. The minimum Gasteiger partial charge on any atom is -0.491 e. The summed E-state index contributed by atoms with van der Waals surface area (Å²) in [7, 11) is 1.82. The van der Waals surface area contributed by atoms with Gasteiger partial charge in [-0.25, -0.2) is 14.8 Å². The summed E-state index contributed by atoms with van der Waals surface area (Å²) < 4.78 is 13.7. The molecule has 216 valence electrons. The topological polar surface area (TPSA) is 112 Å². The van der Waals surface area contributed by atoms with Gasteiger partial charge in [-0.3, -0.25) is 4.68 Å². The first-order valence-electron chi connectivity index (χ1n) is 13.8. The van der Waals surface area contributed by atoms with Gasteiger partial charge in [0, 0.05) is 62.4 Å². The van der Waals surface area contributed by atoms with Gasteiger partial charge < -0.3 is 25.0 Å². The van der Waals surface area contributed by atoms with Gasteiger partial charge in [-0.2, -0.15) is 5.10 Å².